The fourth-order valence-electron chi connectivity index (χ4n) is 1.75. The van der Waals surface area contributed by atoms with Crippen molar-refractivity contribution < 1.29 is 9.90 Å². The van der Waals surface area contributed by atoms with Gasteiger partial charge in [-0.1, -0.05) is 30.3 Å². The molecule has 98 valence electrons. The summed E-state index contributed by atoms with van der Waals surface area (Å²) in [7, 11) is 0. The van der Waals surface area contributed by atoms with Gasteiger partial charge in [0.05, 0.1) is 12.6 Å². The largest absolute Gasteiger partial charge is 0.394 e. The average molecular weight is 258 g/mol. The Labute approximate surface area is 109 Å². The zero-order valence-electron chi connectivity index (χ0n) is 10.2. The molecule has 5 nitrogen and oxygen atoms in total. The van der Waals surface area contributed by atoms with Gasteiger partial charge >= 0.3 is 0 Å². The lowest BCUT2D eigenvalue weighted by Gasteiger charge is -2.16. The van der Waals surface area contributed by atoms with Crippen molar-refractivity contribution in [2.24, 2.45) is 0 Å². The molecule has 0 spiro atoms. The maximum atomic E-state index is 12.0. The van der Waals surface area contributed by atoms with Crippen LogP contribution in [0.1, 0.15) is 22.0 Å². The van der Waals surface area contributed by atoms with Gasteiger partial charge in [-0.15, -0.1) is 0 Å². The number of aromatic nitrogens is 1. The quantitative estimate of drug-likeness (QED) is 0.760. The van der Waals surface area contributed by atoms with Gasteiger partial charge in [-0.3, -0.25) is 9.59 Å². The van der Waals surface area contributed by atoms with Crippen LogP contribution in [-0.4, -0.2) is 22.6 Å². The first-order valence-corrected chi connectivity index (χ1v) is 5.86. The van der Waals surface area contributed by atoms with Crippen LogP contribution in [0.4, 0.5) is 0 Å². The van der Waals surface area contributed by atoms with E-state index < -0.39 is 11.9 Å². The fourth-order valence-corrected chi connectivity index (χ4v) is 1.75. The first-order chi connectivity index (χ1) is 9.20. The molecule has 1 heterocycles. The summed E-state index contributed by atoms with van der Waals surface area (Å²) in [6.07, 6.45) is 1.41. The molecule has 19 heavy (non-hydrogen) atoms. The number of amides is 1. The summed E-state index contributed by atoms with van der Waals surface area (Å²) >= 11 is 0. The highest BCUT2D eigenvalue weighted by atomic mass is 16.3. The van der Waals surface area contributed by atoms with E-state index in [9.17, 15) is 14.7 Å². The van der Waals surface area contributed by atoms with Gasteiger partial charge in [0.2, 0.25) is 5.56 Å². The number of H-pyrrole nitrogens is 1. The number of pyridine rings is 1. The number of aliphatic hydroxyl groups is 1. The van der Waals surface area contributed by atoms with E-state index in [0.29, 0.717) is 0 Å². The Balaban J connectivity index is 2.15. The van der Waals surface area contributed by atoms with Crippen molar-refractivity contribution in [3.05, 3.63) is 70.1 Å². The van der Waals surface area contributed by atoms with E-state index in [1.165, 1.54) is 18.3 Å². The minimum absolute atomic E-state index is 0.209. The van der Waals surface area contributed by atoms with Gasteiger partial charge < -0.3 is 15.4 Å². The third-order valence-corrected chi connectivity index (χ3v) is 2.73. The van der Waals surface area contributed by atoms with Crippen molar-refractivity contribution in [2.75, 3.05) is 6.61 Å². The molecule has 1 aromatic carbocycles. The maximum Gasteiger partial charge on any atom is 0.252 e. The minimum atomic E-state index is -0.493. The first-order valence-electron chi connectivity index (χ1n) is 5.86. The van der Waals surface area contributed by atoms with E-state index in [0.717, 1.165) is 5.56 Å². The summed E-state index contributed by atoms with van der Waals surface area (Å²) in [4.78, 5) is 25.5. The SMILES string of the molecule is O=C(N[C@@H](CO)c1ccccc1)c1cc[nH]c(=O)c1. The number of aromatic amines is 1. The van der Waals surface area contributed by atoms with E-state index in [1.54, 1.807) is 0 Å². The van der Waals surface area contributed by atoms with Gasteiger partial charge in [-0.2, -0.15) is 0 Å². The predicted molar refractivity (Wildman–Crippen MR) is 70.8 cm³/mol. The molecule has 5 heteroatoms. The molecule has 0 aliphatic heterocycles. The Hall–Kier alpha value is -2.40. The van der Waals surface area contributed by atoms with Crippen LogP contribution in [0, 0.1) is 0 Å². The van der Waals surface area contributed by atoms with Gasteiger partial charge in [0.1, 0.15) is 0 Å². The second kappa shape index (κ2) is 5.97. The van der Waals surface area contributed by atoms with Crippen molar-refractivity contribution in [1.82, 2.24) is 10.3 Å². The summed E-state index contributed by atoms with van der Waals surface area (Å²) < 4.78 is 0. The van der Waals surface area contributed by atoms with Crippen LogP contribution in [0.2, 0.25) is 0 Å². The molecule has 2 rings (SSSR count). The van der Waals surface area contributed by atoms with Crippen LogP contribution in [-0.2, 0) is 0 Å². The molecule has 0 aliphatic rings. The molecule has 1 amide bonds. The lowest BCUT2D eigenvalue weighted by Crippen LogP contribution is -2.31. The molecule has 0 radical (unpaired) electrons. The summed E-state index contributed by atoms with van der Waals surface area (Å²) in [6.45, 7) is -0.209. The monoisotopic (exact) mass is 258 g/mol. The topological polar surface area (TPSA) is 82.2 Å². The minimum Gasteiger partial charge on any atom is -0.394 e. The molecule has 0 saturated heterocycles. The smallest absolute Gasteiger partial charge is 0.252 e. The molecular formula is C14H14N2O3. The molecule has 1 aromatic heterocycles. The lowest BCUT2D eigenvalue weighted by molar-refractivity contribution is 0.0916. The number of carbonyl (C=O) groups excluding carboxylic acids is 1. The normalized spacial score (nSPS) is 11.8. The van der Waals surface area contributed by atoms with Gasteiger partial charge in [0, 0.05) is 17.8 Å². The Morgan fingerprint density at radius 1 is 1.26 bits per heavy atom. The van der Waals surface area contributed by atoms with Crippen molar-refractivity contribution in [1.29, 1.82) is 0 Å². The zero-order chi connectivity index (χ0) is 13.7. The van der Waals surface area contributed by atoms with Gasteiger partial charge in [0.15, 0.2) is 0 Å². The number of hydrogen-bond acceptors (Lipinski definition) is 3. The summed E-state index contributed by atoms with van der Waals surface area (Å²) in [5.41, 5.74) is 0.731. The summed E-state index contributed by atoms with van der Waals surface area (Å²) in [5, 5.41) is 12.0. The van der Waals surface area contributed by atoms with Crippen molar-refractivity contribution in [3.8, 4) is 0 Å². The molecule has 0 aliphatic carbocycles. The molecule has 0 fully saturated rings. The van der Waals surface area contributed by atoms with E-state index in [4.69, 9.17) is 0 Å². The third-order valence-electron chi connectivity index (χ3n) is 2.73. The van der Waals surface area contributed by atoms with Crippen LogP contribution < -0.4 is 10.9 Å². The zero-order valence-corrected chi connectivity index (χ0v) is 10.2. The number of aliphatic hydroxyl groups excluding tert-OH is 1. The van der Waals surface area contributed by atoms with Gasteiger partial charge in [-0.05, 0) is 11.6 Å². The third kappa shape index (κ3) is 3.29. The molecule has 0 unspecified atom stereocenters. The lowest BCUT2D eigenvalue weighted by atomic mass is 10.1. The van der Waals surface area contributed by atoms with Crippen LogP contribution in [0.15, 0.2) is 53.5 Å². The van der Waals surface area contributed by atoms with Crippen molar-refractivity contribution >= 4 is 5.91 Å². The van der Waals surface area contributed by atoms with Gasteiger partial charge in [0.25, 0.3) is 5.91 Å². The van der Waals surface area contributed by atoms with E-state index in [1.807, 2.05) is 30.3 Å². The van der Waals surface area contributed by atoms with Crippen LogP contribution in [0.3, 0.4) is 0 Å². The number of carbonyl (C=O) groups is 1. The standard InChI is InChI=1S/C14H14N2O3/c17-9-12(10-4-2-1-3-5-10)16-14(19)11-6-7-15-13(18)8-11/h1-8,12,17H,9H2,(H,15,18)(H,16,19)/t12-/m0/s1. The summed E-state index contributed by atoms with van der Waals surface area (Å²) in [6, 6.07) is 11.4. The highest BCUT2D eigenvalue weighted by Gasteiger charge is 2.14. The molecule has 2 aromatic rings. The summed E-state index contributed by atoms with van der Waals surface area (Å²) in [5.74, 6) is -0.394. The van der Waals surface area contributed by atoms with Gasteiger partial charge in [-0.25, -0.2) is 0 Å². The van der Waals surface area contributed by atoms with E-state index in [-0.39, 0.29) is 17.7 Å². The van der Waals surface area contributed by atoms with Crippen LogP contribution in [0.5, 0.6) is 0 Å². The number of benzene rings is 1. The Bertz CT molecular complexity index is 607. The molecule has 0 saturated carbocycles. The second-order valence-electron chi connectivity index (χ2n) is 4.06. The van der Waals surface area contributed by atoms with Crippen molar-refractivity contribution in [2.45, 2.75) is 6.04 Å². The number of rotatable bonds is 4. The molecule has 3 N–H and O–H groups in total. The average Bonchev–Trinajstić information content (AvgIpc) is 2.45. The fraction of sp³-hybridized carbons (Fsp3) is 0.143. The van der Waals surface area contributed by atoms with E-state index >= 15 is 0 Å². The number of hydrogen-bond donors (Lipinski definition) is 3. The molecule has 0 bridgehead atoms. The predicted octanol–water partition coefficient (Wildman–Crippen LogP) is 0.838. The molecular weight excluding hydrogens is 244 g/mol. The maximum absolute atomic E-state index is 12.0. The highest BCUT2D eigenvalue weighted by molar-refractivity contribution is 5.94. The van der Waals surface area contributed by atoms with Crippen LogP contribution >= 0.6 is 0 Å². The Morgan fingerprint density at radius 2 is 2.00 bits per heavy atom. The Morgan fingerprint density at radius 3 is 2.63 bits per heavy atom. The Kier molecular flexibility index (Phi) is 4.10. The number of nitrogens with one attached hydrogen (secondary N) is 2. The second-order valence-corrected chi connectivity index (χ2v) is 4.06. The highest BCUT2D eigenvalue weighted by Crippen LogP contribution is 2.12. The van der Waals surface area contributed by atoms with E-state index in [2.05, 4.69) is 10.3 Å². The molecule has 1 atom stereocenters. The van der Waals surface area contributed by atoms with Crippen molar-refractivity contribution in [3.63, 3.8) is 0 Å². The van der Waals surface area contributed by atoms with Crippen LogP contribution in [0.25, 0.3) is 0 Å². The first kappa shape index (κ1) is 13.0.